The van der Waals surface area contributed by atoms with E-state index >= 15 is 0 Å². The number of carboxylic acid groups (broad SMARTS) is 1. The molecule has 23 heavy (non-hydrogen) atoms. The molecule has 2 aromatic rings. The highest BCUT2D eigenvalue weighted by Crippen LogP contribution is 2.32. The minimum atomic E-state index is -4.98. The second-order valence-corrected chi connectivity index (χ2v) is 7.55. The van der Waals surface area contributed by atoms with Crippen molar-refractivity contribution in [1.82, 2.24) is 0 Å². The standard InChI is InChI=1S/C11H7IO9S2/c12-21-8-2-6-4-10(23(18,19)20)9(22(15,16)17)3-5(6)1-7(8)11(13)14/h1-4H,(H,13,14)(H,15,16,17)(H,18,19,20). The molecule has 3 N–H and O–H groups in total. The highest BCUT2D eigenvalue weighted by molar-refractivity contribution is 14.1. The minimum Gasteiger partial charge on any atom is -0.478 e. The molecular weight excluding hydrogens is 467 g/mol. The molecule has 2 rings (SSSR count). The molecule has 0 aromatic heterocycles. The van der Waals surface area contributed by atoms with Gasteiger partial charge in [0.1, 0.15) is 21.1 Å². The summed E-state index contributed by atoms with van der Waals surface area (Å²) >= 11 is 1.42. The van der Waals surface area contributed by atoms with Crippen molar-refractivity contribution in [2.24, 2.45) is 0 Å². The quantitative estimate of drug-likeness (QED) is 0.444. The largest absolute Gasteiger partial charge is 0.478 e. The van der Waals surface area contributed by atoms with E-state index in [0.717, 1.165) is 24.3 Å². The molecule has 0 aliphatic rings. The molecule has 0 radical (unpaired) electrons. The van der Waals surface area contributed by atoms with Crippen LogP contribution in [0.15, 0.2) is 34.1 Å². The van der Waals surface area contributed by atoms with Gasteiger partial charge in [-0.25, -0.2) is 4.79 Å². The lowest BCUT2D eigenvalue weighted by Crippen LogP contribution is -2.09. The summed E-state index contributed by atoms with van der Waals surface area (Å²) in [4.78, 5) is 9.05. The van der Waals surface area contributed by atoms with Gasteiger partial charge in [-0.3, -0.25) is 9.11 Å². The zero-order valence-electron chi connectivity index (χ0n) is 10.8. The molecular formula is C11H7IO9S2. The number of halogens is 1. The lowest BCUT2D eigenvalue weighted by molar-refractivity contribution is 0.0695. The van der Waals surface area contributed by atoms with E-state index in [-0.39, 0.29) is 22.1 Å². The van der Waals surface area contributed by atoms with Gasteiger partial charge in [-0.2, -0.15) is 16.8 Å². The van der Waals surface area contributed by atoms with Crippen LogP contribution in [0.4, 0.5) is 0 Å². The van der Waals surface area contributed by atoms with Gasteiger partial charge in [-0.1, -0.05) is 0 Å². The fourth-order valence-electron chi connectivity index (χ4n) is 1.92. The molecule has 9 nitrogen and oxygen atoms in total. The first kappa shape index (κ1) is 17.9. The van der Waals surface area contributed by atoms with Crippen LogP contribution in [0.5, 0.6) is 5.75 Å². The van der Waals surface area contributed by atoms with Crippen LogP contribution in [-0.4, -0.2) is 37.0 Å². The summed E-state index contributed by atoms with van der Waals surface area (Å²) in [6.07, 6.45) is 0. The van der Waals surface area contributed by atoms with Crippen LogP contribution in [0.3, 0.4) is 0 Å². The van der Waals surface area contributed by atoms with Gasteiger partial charge in [0.05, 0.1) is 0 Å². The van der Waals surface area contributed by atoms with Crippen molar-refractivity contribution >= 4 is 60.0 Å². The molecule has 0 saturated carbocycles. The Hall–Kier alpha value is -1.48. The third-order valence-electron chi connectivity index (χ3n) is 2.87. The first-order valence-electron chi connectivity index (χ1n) is 5.54. The molecule has 12 heteroatoms. The Bertz CT molecular complexity index is 1030. The number of rotatable bonds is 4. The first-order chi connectivity index (χ1) is 10.4. The van der Waals surface area contributed by atoms with Gasteiger partial charge in [0, 0.05) is 0 Å². The summed E-state index contributed by atoms with van der Waals surface area (Å²) in [6, 6.07) is 3.75. The Labute approximate surface area is 144 Å². The number of carboxylic acids is 1. The van der Waals surface area contributed by atoms with Crippen LogP contribution < -0.4 is 3.07 Å². The molecule has 0 heterocycles. The normalized spacial score (nSPS) is 12.3. The summed E-state index contributed by atoms with van der Waals surface area (Å²) in [5, 5.41) is 9.18. The maximum absolute atomic E-state index is 11.3. The molecule has 0 bridgehead atoms. The first-order valence-corrected chi connectivity index (χ1v) is 9.30. The van der Waals surface area contributed by atoms with E-state index in [4.69, 9.17) is 17.3 Å². The van der Waals surface area contributed by atoms with E-state index < -0.39 is 36.0 Å². The third-order valence-corrected chi connectivity index (χ3v) is 5.26. The third kappa shape index (κ3) is 3.55. The van der Waals surface area contributed by atoms with Crippen molar-refractivity contribution < 1.29 is 38.9 Å². The van der Waals surface area contributed by atoms with Crippen molar-refractivity contribution in [3.63, 3.8) is 0 Å². The van der Waals surface area contributed by atoms with E-state index in [2.05, 4.69) is 0 Å². The molecule has 0 aliphatic carbocycles. The summed E-state index contributed by atoms with van der Waals surface area (Å²) in [5.74, 6) is -1.46. The molecule has 0 atom stereocenters. The second-order valence-electron chi connectivity index (χ2n) is 4.33. The Kier molecular flexibility index (Phi) is 4.55. The number of carbonyl (C=O) groups is 1. The van der Waals surface area contributed by atoms with E-state index in [1.54, 1.807) is 0 Å². The zero-order chi connectivity index (χ0) is 17.6. The number of aromatic carboxylic acids is 1. The minimum absolute atomic E-state index is 0.0135. The van der Waals surface area contributed by atoms with Gasteiger partial charge in [-0.05, 0) is 35.0 Å². The maximum atomic E-state index is 11.3. The molecule has 0 unspecified atom stereocenters. The maximum Gasteiger partial charge on any atom is 0.339 e. The average molecular weight is 474 g/mol. The van der Waals surface area contributed by atoms with E-state index in [1.165, 1.54) is 23.0 Å². The number of hydrogen-bond acceptors (Lipinski definition) is 6. The average Bonchev–Trinajstić information content (AvgIpc) is 2.42. The molecule has 124 valence electrons. The van der Waals surface area contributed by atoms with Crippen molar-refractivity contribution in [2.45, 2.75) is 9.79 Å². The summed E-state index contributed by atoms with van der Waals surface area (Å²) < 4.78 is 68.4. The van der Waals surface area contributed by atoms with Gasteiger partial charge >= 0.3 is 5.97 Å². The van der Waals surface area contributed by atoms with Crippen molar-refractivity contribution in [3.8, 4) is 5.75 Å². The van der Waals surface area contributed by atoms with Crippen LogP contribution >= 0.6 is 23.0 Å². The highest BCUT2D eigenvalue weighted by atomic mass is 127. The monoisotopic (exact) mass is 474 g/mol. The zero-order valence-corrected chi connectivity index (χ0v) is 14.6. The van der Waals surface area contributed by atoms with Crippen LogP contribution in [0, 0.1) is 0 Å². The van der Waals surface area contributed by atoms with Crippen LogP contribution in [-0.2, 0) is 20.2 Å². The molecule has 2 aromatic carbocycles. The summed E-state index contributed by atoms with van der Waals surface area (Å²) in [7, 11) is -9.93. The smallest absolute Gasteiger partial charge is 0.339 e. The van der Waals surface area contributed by atoms with Crippen molar-refractivity contribution in [2.75, 3.05) is 0 Å². The van der Waals surface area contributed by atoms with Gasteiger partial charge < -0.3 is 8.17 Å². The lowest BCUT2D eigenvalue weighted by atomic mass is 10.1. The lowest BCUT2D eigenvalue weighted by Gasteiger charge is -2.10. The highest BCUT2D eigenvalue weighted by Gasteiger charge is 2.25. The van der Waals surface area contributed by atoms with E-state index in [1.807, 2.05) is 0 Å². The number of hydrogen-bond donors (Lipinski definition) is 3. The van der Waals surface area contributed by atoms with Crippen molar-refractivity contribution in [1.29, 1.82) is 0 Å². The fourth-order valence-corrected chi connectivity index (χ4v) is 4.10. The molecule has 0 saturated heterocycles. The van der Waals surface area contributed by atoms with Gasteiger partial charge in [0.15, 0.2) is 23.0 Å². The molecule has 0 fully saturated rings. The molecule has 0 spiro atoms. The van der Waals surface area contributed by atoms with Gasteiger partial charge in [0.25, 0.3) is 20.2 Å². The van der Waals surface area contributed by atoms with Crippen LogP contribution in [0.25, 0.3) is 10.8 Å². The second kappa shape index (κ2) is 5.86. The molecule has 0 aliphatic heterocycles. The molecule has 0 amide bonds. The number of fused-ring (bicyclic) bond motifs is 1. The van der Waals surface area contributed by atoms with Crippen LogP contribution in [0.1, 0.15) is 10.4 Å². The topological polar surface area (TPSA) is 155 Å². The SMILES string of the molecule is O=C(O)c1cc2cc(S(=O)(=O)O)c(S(=O)(=O)O)cc2cc1OI. The van der Waals surface area contributed by atoms with E-state index in [0.29, 0.717) is 0 Å². The Morgan fingerprint density at radius 2 is 1.35 bits per heavy atom. The predicted octanol–water partition coefficient (Wildman–Crippen LogP) is 1.76. The summed E-state index contributed by atoms with van der Waals surface area (Å²) in [6.45, 7) is 0. The van der Waals surface area contributed by atoms with Gasteiger partial charge in [-0.15, -0.1) is 0 Å². The van der Waals surface area contributed by atoms with Crippen molar-refractivity contribution in [3.05, 3.63) is 29.8 Å². The summed E-state index contributed by atoms with van der Waals surface area (Å²) in [5.41, 5.74) is -0.298. The Morgan fingerprint density at radius 3 is 1.70 bits per heavy atom. The Balaban J connectivity index is 2.99. The predicted molar refractivity (Wildman–Crippen MR) is 85.2 cm³/mol. The van der Waals surface area contributed by atoms with Crippen LogP contribution in [0.2, 0.25) is 0 Å². The van der Waals surface area contributed by atoms with E-state index in [9.17, 15) is 21.6 Å². The Morgan fingerprint density at radius 1 is 0.913 bits per heavy atom. The van der Waals surface area contributed by atoms with Gasteiger partial charge in [0.2, 0.25) is 0 Å². The number of benzene rings is 2. The fraction of sp³-hybridized carbons (Fsp3) is 0.